The van der Waals surface area contributed by atoms with Crippen LogP contribution in [0.5, 0.6) is 0 Å². The third kappa shape index (κ3) is 4.06. The van der Waals surface area contributed by atoms with Crippen LogP contribution in [0.25, 0.3) is 0 Å². The van der Waals surface area contributed by atoms with Crippen molar-refractivity contribution in [2.45, 2.75) is 19.4 Å². The van der Waals surface area contributed by atoms with Crippen molar-refractivity contribution in [3.05, 3.63) is 35.9 Å². The van der Waals surface area contributed by atoms with Crippen LogP contribution in [0.1, 0.15) is 12.5 Å². The number of hydrogen-bond acceptors (Lipinski definition) is 3. The number of carbonyl (C=O) groups excluding carboxylic acids is 2. The van der Waals surface area contributed by atoms with Gasteiger partial charge in [0.15, 0.2) is 5.78 Å². The number of morpholine rings is 1. The van der Waals surface area contributed by atoms with Gasteiger partial charge in [0, 0.05) is 13.1 Å². The monoisotopic (exact) mass is 276 g/mol. The van der Waals surface area contributed by atoms with Gasteiger partial charge in [0.1, 0.15) is 0 Å². The molecule has 0 aliphatic carbocycles. The fourth-order valence-corrected chi connectivity index (χ4v) is 2.15. The van der Waals surface area contributed by atoms with Crippen molar-refractivity contribution in [1.82, 2.24) is 10.2 Å². The Morgan fingerprint density at radius 1 is 1.25 bits per heavy atom. The Balaban J connectivity index is 1.95. The van der Waals surface area contributed by atoms with E-state index >= 15 is 0 Å². The molecule has 1 aliphatic heterocycles. The van der Waals surface area contributed by atoms with Crippen LogP contribution in [0.3, 0.4) is 0 Å². The number of ketones is 1. The summed E-state index contributed by atoms with van der Waals surface area (Å²) >= 11 is 0. The zero-order valence-electron chi connectivity index (χ0n) is 11.7. The summed E-state index contributed by atoms with van der Waals surface area (Å²) in [5, 5.41) is 2.82. The molecule has 0 bridgehead atoms. The van der Waals surface area contributed by atoms with Gasteiger partial charge >= 0.3 is 6.03 Å². The van der Waals surface area contributed by atoms with E-state index in [1.807, 2.05) is 30.3 Å². The van der Waals surface area contributed by atoms with Crippen LogP contribution in [-0.2, 0) is 16.0 Å². The van der Waals surface area contributed by atoms with Crippen LogP contribution < -0.4 is 5.32 Å². The second kappa shape index (κ2) is 7.05. The minimum atomic E-state index is -0.479. The largest absolute Gasteiger partial charge is 0.378 e. The Morgan fingerprint density at radius 2 is 1.90 bits per heavy atom. The van der Waals surface area contributed by atoms with Gasteiger partial charge < -0.3 is 15.0 Å². The molecular weight excluding hydrogens is 256 g/mol. The number of urea groups is 1. The van der Waals surface area contributed by atoms with E-state index in [1.165, 1.54) is 6.92 Å². The lowest BCUT2D eigenvalue weighted by Gasteiger charge is -2.28. The van der Waals surface area contributed by atoms with E-state index in [1.54, 1.807) is 4.90 Å². The average Bonchev–Trinajstić information content (AvgIpc) is 2.48. The zero-order chi connectivity index (χ0) is 14.4. The van der Waals surface area contributed by atoms with Crippen molar-refractivity contribution in [3.63, 3.8) is 0 Å². The second-order valence-corrected chi connectivity index (χ2v) is 4.90. The van der Waals surface area contributed by atoms with Gasteiger partial charge in [-0.05, 0) is 18.9 Å². The number of amides is 2. The summed E-state index contributed by atoms with van der Waals surface area (Å²) in [5.41, 5.74) is 1.04. The fraction of sp³-hybridized carbons (Fsp3) is 0.467. The van der Waals surface area contributed by atoms with Crippen LogP contribution in [0.15, 0.2) is 30.3 Å². The fourth-order valence-electron chi connectivity index (χ4n) is 2.15. The van der Waals surface area contributed by atoms with Gasteiger partial charge in [-0.15, -0.1) is 0 Å². The highest BCUT2D eigenvalue weighted by Gasteiger charge is 2.22. The number of hydrogen-bond donors (Lipinski definition) is 1. The predicted octanol–water partition coefficient (Wildman–Crippen LogP) is 1.23. The van der Waals surface area contributed by atoms with Crippen LogP contribution in [0.4, 0.5) is 4.79 Å². The molecule has 0 radical (unpaired) electrons. The third-order valence-corrected chi connectivity index (χ3v) is 3.37. The second-order valence-electron chi connectivity index (χ2n) is 4.90. The summed E-state index contributed by atoms with van der Waals surface area (Å²) in [4.78, 5) is 25.5. The lowest BCUT2D eigenvalue weighted by atomic mass is 10.0. The smallest absolute Gasteiger partial charge is 0.318 e. The number of nitrogens with one attached hydrogen (secondary N) is 1. The summed E-state index contributed by atoms with van der Waals surface area (Å²) in [6.45, 7) is 3.75. The molecule has 0 saturated carbocycles. The maximum atomic E-state index is 12.1. The van der Waals surface area contributed by atoms with Crippen LogP contribution in [-0.4, -0.2) is 49.1 Å². The first-order valence-corrected chi connectivity index (χ1v) is 6.84. The molecule has 5 heteroatoms. The number of Topliss-reactive ketones (excluding diaryl/α,β-unsaturated/α-hetero) is 1. The van der Waals surface area contributed by atoms with Gasteiger partial charge in [0.05, 0.1) is 19.3 Å². The molecule has 0 aromatic heterocycles. The highest BCUT2D eigenvalue weighted by molar-refractivity contribution is 5.87. The number of rotatable bonds is 4. The maximum Gasteiger partial charge on any atom is 0.318 e. The Kier molecular flexibility index (Phi) is 5.12. The normalized spacial score (nSPS) is 16.6. The molecule has 1 heterocycles. The van der Waals surface area contributed by atoms with E-state index in [2.05, 4.69) is 5.32 Å². The first-order chi connectivity index (χ1) is 9.66. The van der Waals surface area contributed by atoms with Gasteiger partial charge in [-0.1, -0.05) is 30.3 Å². The van der Waals surface area contributed by atoms with E-state index < -0.39 is 6.04 Å². The Bertz CT molecular complexity index is 455. The predicted molar refractivity (Wildman–Crippen MR) is 75.5 cm³/mol. The van der Waals surface area contributed by atoms with E-state index in [-0.39, 0.29) is 11.8 Å². The molecule has 5 nitrogen and oxygen atoms in total. The Labute approximate surface area is 118 Å². The van der Waals surface area contributed by atoms with Gasteiger partial charge in [0.2, 0.25) is 0 Å². The van der Waals surface area contributed by atoms with Gasteiger partial charge in [0.25, 0.3) is 0 Å². The summed E-state index contributed by atoms with van der Waals surface area (Å²) in [5.74, 6) is -0.0320. The van der Waals surface area contributed by atoms with E-state index in [9.17, 15) is 9.59 Å². The lowest BCUT2D eigenvalue weighted by molar-refractivity contribution is -0.118. The van der Waals surface area contributed by atoms with Crippen LogP contribution in [0, 0.1) is 0 Å². The molecule has 1 fully saturated rings. The highest BCUT2D eigenvalue weighted by Crippen LogP contribution is 2.05. The average molecular weight is 276 g/mol. The number of benzene rings is 1. The van der Waals surface area contributed by atoms with E-state index in [0.29, 0.717) is 32.7 Å². The number of nitrogens with zero attached hydrogens (tertiary/aromatic N) is 1. The molecular formula is C15H20N2O3. The molecule has 108 valence electrons. The van der Waals surface area contributed by atoms with E-state index in [4.69, 9.17) is 4.74 Å². The summed E-state index contributed by atoms with van der Waals surface area (Å²) < 4.78 is 5.21. The summed E-state index contributed by atoms with van der Waals surface area (Å²) in [6, 6.07) is 9.02. The standard InChI is InChI=1S/C15H20N2O3/c1-12(18)14(11-13-5-3-2-4-6-13)16-15(19)17-7-9-20-10-8-17/h2-6,14H,7-11H2,1H3,(H,16,19)/t14-/m0/s1. The van der Waals surface area contributed by atoms with Gasteiger partial charge in [-0.2, -0.15) is 0 Å². The molecule has 2 amide bonds. The summed E-state index contributed by atoms with van der Waals surface area (Å²) in [7, 11) is 0. The SMILES string of the molecule is CC(=O)[C@H](Cc1ccccc1)NC(=O)N1CCOCC1. The summed E-state index contributed by atoms with van der Waals surface area (Å²) in [6.07, 6.45) is 0.520. The van der Waals surface area contributed by atoms with Crippen LogP contribution in [0.2, 0.25) is 0 Å². The van der Waals surface area contributed by atoms with Crippen molar-refractivity contribution in [3.8, 4) is 0 Å². The van der Waals surface area contributed by atoms with Crippen molar-refractivity contribution in [2.75, 3.05) is 26.3 Å². The molecule has 1 saturated heterocycles. The first-order valence-electron chi connectivity index (χ1n) is 6.84. The first kappa shape index (κ1) is 14.5. The molecule has 1 aromatic carbocycles. The molecule has 1 aliphatic rings. The molecule has 1 N–H and O–H groups in total. The zero-order valence-corrected chi connectivity index (χ0v) is 11.7. The molecule has 1 aromatic rings. The van der Waals surface area contributed by atoms with Gasteiger partial charge in [-0.25, -0.2) is 4.79 Å². The van der Waals surface area contributed by atoms with E-state index in [0.717, 1.165) is 5.56 Å². The minimum Gasteiger partial charge on any atom is -0.378 e. The Hall–Kier alpha value is -1.88. The number of ether oxygens (including phenoxy) is 1. The molecule has 1 atom stereocenters. The third-order valence-electron chi connectivity index (χ3n) is 3.37. The van der Waals surface area contributed by atoms with Crippen molar-refractivity contribution in [2.24, 2.45) is 0 Å². The number of carbonyl (C=O) groups is 2. The maximum absolute atomic E-state index is 12.1. The molecule has 0 unspecified atom stereocenters. The quantitative estimate of drug-likeness (QED) is 0.900. The van der Waals surface area contributed by atoms with Crippen molar-refractivity contribution >= 4 is 11.8 Å². The van der Waals surface area contributed by atoms with Crippen molar-refractivity contribution in [1.29, 1.82) is 0 Å². The molecule has 2 rings (SSSR count). The highest BCUT2D eigenvalue weighted by atomic mass is 16.5. The van der Waals surface area contributed by atoms with Crippen molar-refractivity contribution < 1.29 is 14.3 Å². The Morgan fingerprint density at radius 3 is 2.50 bits per heavy atom. The van der Waals surface area contributed by atoms with Gasteiger partial charge in [-0.3, -0.25) is 4.79 Å². The molecule has 20 heavy (non-hydrogen) atoms. The van der Waals surface area contributed by atoms with Crippen LogP contribution >= 0.6 is 0 Å². The topological polar surface area (TPSA) is 58.6 Å². The minimum absolute atomic E-state index is 0.0320. The molecule has 0 spiro atoms. The lowest BCUT2D eigenvalue weighted by Crippen LogP contribution is -2.51.